The van der Waals surface area contributed by atoms with Crippen molar-refractivity contribution in [3.05, 3.63) is 40.8 Å². The van der Waals surface area contributed by atoms with Gasteiger partial charge in [-0.3, -0.25) is 9.48 Å². The smallest absolute Gasteiger partial charge is 0.236 e. The zero-order valence-electron chi connectivity index (χ0n) is 12.5. The number of aromatic nitrogens is 2. The van der Waals surface area contributed by atoms with Crippen LogP contribution in [0.5, 0.6) is 0 Å². The van der Waals surface area contributed by atoms with Gasteiger partial charge in [-0.1, -0.05) is 6.07 Å². The molecule has 1 amide bonds. The van der Waals surface area contributed by atoms with Crippen LogP contribution in [-0.4, -0.2) is 34.3 Å². The molecule has 2 atom stereocenters. The summed E-state index contributed by atoms with van der Waals surface area (Å²) in [6, 6.07) is 5.99. The first-order valence-electron chi connectivity index (χ1n) is 7.18. The van der Waals surface area contributed by atoms with Gasteiger partial charge < -0.3 is 10.6 Å². The van der Waals surface area contributed by atoms with Crippen molar-refractivity contribution in [2.75, 3.05) is 6.54 Å². The summed E-state index contributed by atoms with van der Waals surface area (Å²) in [5, 5.41) is 12.5. The predicted molar refractivity (Wildman–Crippen MR) is 85.3 cm³/mol. The van der Waals surface area contributed by atoms with E-state index in [2.05, 4.69) is 34.1 Å². The second-order valence-electron chi connectivity index (χ2n) is 5.14. The molecule has 114 valence electrons. The van der Waals surface area contributed by atoms with Gasteiger partial charge in [0.05, 0.1) is 12.6 Å². The highest BCUT2D eigenvalue weighted by Gasteiger charge is 2.15. The lowest BCUT2D eigenvalue weighted by molar-refractivity contribution is -0.122. The Hall–Kier alpha value is -1.66. The molecule has 2 rings (SSSR count). The van der Waals surface area contributed by atoms with E-state index in [0.29, 0.717) is 6.54 Å². The minimum atomic E-state index is -0.209. The fourth-order valence-corrected chi connectivity index (χ4v) is 2.87. The van der Waals surface area contributed by atoms with Gasteiger partial charge >= 0.3 is 0 Å². The number of hydrogen-bond acceptors (Lipinski definition) is 4. The van der Waals surface area contributed by atoms with Crippen LogP contribution in [0.3, 0.4) is 0 Å². The number of nitrogens with one attached hydrogen (secondary N) is 2. The highest BCUT2D eigenvalue weighted by molar-refractivity contribution is 7.09. The van der Waals surface area contributed by atoms with E-state index in [-0.39, 0.29) is 18.0 Å². The van der Waals surface area contributed by atoms with Crippen LogP contribution in [0.1, 0.15) is 18.7 Å². The van der Waals surface area contributed by atoms with E-state index in [1.807, 2.05) is 29.9 Å². The molecule has 0 fully saturated rings. The lowest BCUT2D eigenvalue weighted by Crippen LogP contribution is -2.47. The molecule has 2 aromatic heterocycles. The molecule has 0 spiro atoms. The van der Waals surface area contributed by atoms with Crippen LogP contribution in [0.15, 0.2) is 36.0 Å². The van der Waals surface area contributed by atoms with Gasteiger partial charge in [0.25, 0.3) is 0 Å². The number of thiophene rings is 1. The SMILES string of the molecule is C[C@H](Cn1cccn1)N[C@@H](C)C(=O)NCCc1cccs1. The summed E-state index contributed by atoms with van der Waals surface area (Å²) in [5.74, 6) is 0.0406. The molecule has 0 aliphatic heterocycles. The Labute approximate surface area is 129 Å². The van der Waals surface area contributed by atoms with Crippen LogP contribution in [0.25, 0.3) is 0 Å². The van der Waals surface area contributed by atoms with Crippen molar-refractivity contribution in [3.63, 3.8) is 0 Å². The van der Waals surface area contributed by atoms with Crippen LogP contribution in [0.4, 0.5) is 0 Å². The molecule has 0 aliphatic carbocycles. The van der Waals surface area contributed by atoms with E-state index in [1.165, 1.54) is 4.88 Å². The third-order valence-corrected chi connectivity index (χ3v) is 4.13. The first-order chi connectivity index (χ1) is 10.1. The first-order valence-corrected chi connectivity index (χ1v) is 8.06. The number of rotatable bonds is 8. The molecular weight excluding hydrogens is 284 g/mol. The lowest BCUT2D eigenvalue weighted by Gasteiger charge is -2.19. The molecule has 2 aromatic rings. The molecule has 0 bridgehead atoms. The normalized spacial score (nSPS) is 13.8. The van der Waals surface area contributed by atoms with Crippen molar-refractivity contribution in [2.45, 2.75) is 38.9 Å². The first kappa shape index (κ1) is 15.7. The number of carbonyl (C=O) groups is 1. The van der Waals surface area contributed by atoms with Gasteiger partial charge in [-0.2, -0.15) is 5.10 Å². The van der Waals surface area contributed by atoms with Gasteiger partial charge in [-0.05, 0) is 37.8 Å². The fraction of sp³-hybridized carbons (Fsp3) is 0.467. The van der Waals surface area contributed by atoms with Gasteiger partial charge in [0, 0.05) is 29.9 Å². The maximum atomic E-state index is 12.0. The van der Waals surface area contributed by atoms with Crippen molar-refractivity contribution in [3.8, 4) is 0 Å². The quantitative estimate of drug-likeness (QED) is 0.780. The molecule has 0 unspecified atom stereocenters. The van der Waals surface area contributed by atoms with E-state index in [9.17, 15) is 4.79 Å². The molecule has 0 saturated heterocycles. The number of carbonyl (C=O) groups excluding carboxylic acids is 1. The van der Waals surface area contributed by atoms with Crippen molar-refractivity contribution in [2.24, 2.45) is 0 Å². The second-order valence-corrected chi connectivity index (χ2v) is 6.17. The minimum Gasteiger partial charge on any atom is -0.354 e. The van der Waals surface area contributed by atoms with Gasteiger partial charge in [0.1, 0.15) is 0 Å². The fourth-order valence-electron chi connectivity index (χ4n) is 2.16. The van der Waals surface area contributed by atoms with Crippen molar-refractivity contribution in [1.82, 2.24) is 20.4 Å². The standard InChI is InChI=1S/C15H22N4OS/c1-12(11-19-9-4-7-17-19)18-13(2)15(20)16-8-6-14-5-3-10-21-14/h3-5,7,9-10,12-13,18H,6,8,11H2,1-2H3,(H,16,20)/t12-,13+/m1/s1. The zero-order valence-corrected chi connectivity index (χ0v) is 13.3. The van der Waals surface area contributed by atoms with Crippen LogP contribution in [-0.2, 0) is 17.8 Å². The van der Waals surface area contributed by atoms with Gasteiger partial charge in [0.15, 0.2) is 0 Å². The van der Waals surface area contributed by atoms with Crippen molar-refractivity contribution >= 4 is 17.2 Å². The molecule has 0 aromatic carbocycles. The molecule has 2 heterocycles. The van der Waals surface area contributed by atoms with Crippen molar-refractivity contribution in [1.29, 1.82) is 0 Å². The summed E-state index contributed by atoms with van der Waals surface area (Å²) in [6.45, 7) is 5.37. The molecule has 21 heavy (non-hydrogen) atoms. The topological polar surface area (TPSA) is 59.0 Å². The lowest BCUT2D eigenvalue weighted by atomic mass is 10.2. The Morgan fingerprint density at radius 2 is 2.29 bits per heavy atom. The molecule has 6 heteroatoms. The highest BCUT2D eigenvalue weighted by Crippen LogP contribution is 2.08. The van der Waals surface area contributed by atoms with E-state index in [4.69, 9.17) is 0 Å². The average molecular weight is 306 g/mol. The van der Waals surface area contributed by atoms with E-state index < -0.39 is 0 Å². The van der Waals surface area contributed by atoms with Crippen LogP contribution < -0.4 is 10.6 Å². The Morgan fingerprint density at radius 3 is 2.95 bits per heavy atom. The maximum Gasteiger partial charge on any atom is 0.236 e. The van der Waals surface area contributed by atoms with E-state index in [1.54, 1.807) is 17.5 Å². The Bertz CT molecular complexity index is 524. The third-order valence-electron chi connectivity index (χ3n) is 3.20. The number of amides is 1. The number of nitrogens with zero attached hydrogens (tertiary/aromatic N) is 2. The van der Waals surface area contributed by atoms with Crippen molar-refractivity contribution < 1.29 is 4.79 Å². The molecule has 2 N–H and O–H groups in total. The molecule has 0 radical (unpaired) electrons. The largest absolute Gasteiger partial charge is 0.354 e. The van der Waals surface area contributed by atoms with E-state index >= 15 is 0 Å². The van der Waals surface area contributed by atoms with Gasteiger partial charge in [-0.25, -0.2) is 0 Å². The summed E-state index contributed by atoms with van der Waals surface area (Å²) in [4.78, 5) is 13.3. The second kappa shape index (κ2) is 7.95. The Balaban J connectivity index is 1.66. The number of hydrogen-bond donors (Lipinski definition) is 2. The summed E-state index contributed by atoms with van der Waals surface area (Å²) in [6.07, 6.45) is 4.57. The summed E-state index contributed by atoms with van der Waals surface area (Å²) in [5.41, 5.74) is 0. The summed E-state index contributed by atoms with van der Waals surface area (Å²) < 4.78 is 1.86. The average Bonchev–Trinajstić information content (AvgIpc) is 3.11. The molecule has 0 saturated carbocycles. The molecular formula is C15H22N4OS. The van der Waals surface area contributed by atoms with E-state index in [0.717, 1.165) is 13.0 Å². The highest BCUT2D eigenvalue weighted by atomic mass is 32.1. The molecule has 5 nitrogen and oxygen atoms in total. The minimum absolute atomic E-state index is 0.0406. The summed E-state index contributed by atoms with van der Waals surface area (Å²) in [7, 11) is 0. The van der Waals surface area contributed by atoms with Gasteiger partial charge in [-0.15, -0.1) is 11.3 Å². The monoisotopic (exact) mass is 306 g/mol. The summed E-state index contributed by atoms with van der Waals surface area (Å²) >= 11 is 1.72. The third kappa shape index (κ3) is 5.32. The van der Waals surface area contributed by atoms with Crippen LogP contribution in [0.2, 0.25) is 0 Å². The molecule has 0 aliphatic rings. The maximum absolute atomic E-state index is 12.0. The Kier molecular flexibility index (Phi) is 5.95. The van der Waals surface area contributed by atoms with Crippen LogP contribution in [0, 0.1) is 0 Å². The Morgan fingerprint density at radius 1 is 1.43 bits per heavy atom. The predicted octanol–water partition coefficient (Wildman–Crippen LogP) is 1.67. The van der Waals surface area contributed by atoms with Crippen LogP contribution >= 0.6 is 11.3 Å². The van der Waals surface area contributed by atoms with Gasteiger partial charge in [0.2, 0.25) is 5.91 Å². The zero-order chi connectivity index (χ0) is 15.1.